The summed E-state index contributed by atoms with van der Waals surface area (Å²) in [5, 5.41) is 12.5. The fourth-order valence-electron chi connectivity index (χ4n) is 3.20. The van der Waals surface area contributed by atoms with E-state index in [2.05, 4.69) is 11.4 Å². The summed E-state index contributed by atoms with van der Waals surface area (Å²) < 4.78 is 5.90. The van der Waals surface area contributed by atoms with E-state index >= 15 is 0 Å². The van der Waals surface area contributed by atoms with Gasteiger partial charge in [-0.1, -0.05) is 50.6 Å². The molecule has 2 aromatic carbocycles. The number of hydrogen-bond acceptors (Lipinski definition) is 3. The zero-order valence-corrected chi connectivity index (χ0v) is 20.2. The van der Waals surface area contributed by atoms with Gasteiger partial charge in [0.1, 0.15) is 5.75 Å². The summed E-state index contributed by atoms with van der Waals surface area (Å²) in [6.07, 6.45) is 3.35. The molecule has 0 unspecified atom stereocenters. The van der Waals surface area contributed by atoms with E-state index in [4.69, 9.17) is 16.3 Å². The third-order valence-corrected chi connectivity index (χ3v) is 5.73. The molecule has 2 aromatic rings. The number of anilines is 1. The Kier molecular flexibility index (Phi) is 8.90. The fourth-order valence-corrected chi connectivity index (χ4v) is 3.43. The first kappa shape index (κ1) is 25.5. The van der Waals surface area contributed by atoms with Crippen LogP contribution < -0.4 is 10.1 Å². The summed E-state index contributed by atoms with van der Waals surface area (Å²) >= 11 is 6.31. The van der Waals surface area contributed by atoms with Crippen LogP contribution in [-0.2, 0) is 9.59 Å². The molecular weight excluding hydrogens is 426 g/mol. The number of amides is 1. The number of aryl methyl sites for hydroxylation is 2. The Morgan fingerprint density at radius 2 is 1.88 bits per heavy atom. The Morgan fingerprint density at radius 1 is 1.16 bits per heavy atom. The van der Waals surface area contributed by atoms with E-state index in [9.17, 15) is 14.7 Å². The normalized spacial score (nSPS) is 11.9. The average Bonchev–Trinajstić information content (AvgIpc) is 2.72. The molecule has 0 aliphatic heterocycles. The number of halogens is 1. The average molecular weight is 458 g/mol. The van der Waals surface area contributed by atoms with Crippen molar-refractivity contribution in [1.82, 2.24) is 0 Å². The Bertz CT molecular complexity index is 1010. The maximum Gasteiger partial charge on any atom is 0.331 e. The van der Waals surface area contributed by atoms with E-state index < -0.39 is 11.4 Å². The lowest BCUT2D eigenvalue weighted by Crippen LogP contribution is -2.31. The molecule has 0 spiro atoms. The minimum atomic E-state index is -0.968. The van der Waals surface area contributed by atoms with E-state index in [1.54, 1.807) is 31.2 Å². The van der Waals surface area contributed by atoms with Crippen LogP contribution in [0.1, 0.15) is 56.7 Å². The van der Waals surface area contributed by atoms with Crippen molar-refractivity contribution in [3.63, 3.8) is 0 Å². The van der Waals surface area contributed by atoms with Crippen molar-refractivity contribution >= 4 is 35.2 Å². The number of carboxylic acid groups (broad SMARTS) is 1. The van der Waals surface area contributed by atoms with Gasteiger partial charge in [-0.2, -0.15) is 0 Å². The maximum atomic E-state index is 12.8. The molecule has 0 atom stereocenters. The van der Waals surface area contributed by atoms with E-state index in [0.717, 1.165) is 23.3 Å². The molecule has 0 aromatic heterocycles. The lowest BCUT2D eigenvalue weighted by molar-refractivity contribution is -0.132. The SMILES string of the molecule is CCC(=Cc1ccc(NC(=O)C(C)(C)CCCOc2cc(C)ccc2C)cc1Cl)C(=O)O. The molecule has 0 saturated carbocycles. The van der Waals surface area contributed by atoms with Gasteiger partial charge in [-0.3, -0.25) is 4.79 Å². The van der Waals surface area contributed by atoms with E-state index in [0.29, 0.717) is 35.7 Å². The number of carbonyl (C=O) groups is 2. The number of ether oxygens (including phenoxy) is 1. The van der Waals surface area contributed by atoms with Crippen LogP contribution in [-0.4, -0.2) is 23.6 Å². The predicted octanol–water partition coefficient (Wildman–Crippen LogP) is 6.66. The van der Waals surface area contributed by atoms with Crippen LogP contribution in [0.3, 0.4) is 0 Å². The first-order chi connectivity index (χ1) is 15.0. The quantitative estimate of drug-likeness (QED) is 0.309. The van der Waals surface area contributed by atoms with Crippen LogP contribution in [0.15, 0.2) is 42.0 Å². The minimum absolute atomic E-state index is 0.108. The van der Waals surface area contributed by atoms with Crippen molar-refractivity contribution in [2.24, 2.45) is 5.41 Å². The highest BCUT2D eigenvalue weighted by Gasteiger charge is 2.27. The summed E-state index contributed by atoms with van der Waals surface area (Å²) in [5.74, 6) is -0.196. The molecule has 2 rings (SSSR count). The molecule has 6 heteroatoms. The zero-order valence-electron chi connectivity index (χ0n) is 19.4. The molecule has 0 fully saturated rings. The number of rotatable bonds is 10. The summed E-state index contributed by atoms with van der Waals surface area (Å²) in [6, 6.07) is 11.2. The number of carbonyl (C=O) groups excluding carboxylic acids is 1. The van der Waals surface area contributed by atoms with Crippen LogP contribution in [0.2, 0.25) is 5.02 Å². The Labute approximate surface area is 195 Å². The second-order valence-corrected chi connectivity index (χ2v) is 9.03. The van der Waals surface area contributed by atoms with Crippen LogP contribution in [0, 0.1) is 19.3 Å². The molecule has 0 aliphatic carbocycles. The second kappa shape index (κ2) is 11.2. The van der Waals surface area contributed by atoms with Crippen molar-refractivity contribution in [2.75, 3.05) is 11.9 Å². The van der Waals surface area contributed by atoms with Gasteiger partial charge in [0.25, 0.3) is 0 Å². The first-order valence-corrected chi connectivity index (χ1v) is 11.2. The Morgan fingerprint density at radius 3 is 2.50 bits per heavy atom. The van der Waals surface area contributed by atoms with E-state index in [-0.39, 0.29) is 11.5 Å². The molecule has 1 amide bonds. The maximum absolute atomic E-state index is 12.8. The molecule has 2 N–H and O–H groups in total. The molecule has 0 aliphatic rings. The number of hydrogen-bond donors (Lipinski definition) is 2. The minimum Gasteiger partial charge on any atom is -0.493 e. The molecular formula is C26H32ClNO4. The molecule has 0 radical (unpaired) electrons. The third-order valence-electron chi connectivity index (χ3n) is 5.41. The van der Waals surface area contributed by atoms with Gasteiger partial charge >= 0.3 is 5.97 Å². The summed E-state index contributed by atoms with van der Waals surface area (Å²) in [5.41, 5.74) is 3.11. The number of benzene rings is 2. The van der Waals surface area contributed by atoms with Gasteiger partial charge in [0, 0.05) is 21.7 Å². The smallest absolute Gasteiger partial charge is 0.331 e. The zero-order chi connectivity index (χ0) is 23.9. The van der Waals surface area contributed by atoms with Gasteiger partial charge in [-0.25, -0.2) is 4.79 Å². The van der Waals surface area contributed by atoms with Crippen molar-refractivity contribution < 1.29 is 19.4 Å². The molecule has 0 bridgehead atoms. The first-order valence-electron chi connectivity index (χ1n) is 10.8. The van der Waals surface area contributed by atoms with Gasteiger partial charge in [-0.05, 0) is 74.1 Å². The van der Waals surface area contributed by atoms with Crippen molar-refractivity contribution in [1.29, 1.82) is 0 Å². The summed E-state index contributed by atoms with van der Waals surface area (Å²) in [4.78, 5) is 24.0. The summed E-state index contributed by atoms with van der Waals surface area (Å²) in [6.45, 7) is 10.2. The van der Waals surface area contributed by atoms with Crippen LogP contribution in [0.4, 0.5) is 5.69 Å². The van der Waals surface area contributed by atoms with Gasteiger partial charge < -0.3 is 15.2 Å². The van der Waals surface area contributed by atoms with E-state index in [1.165, 1.54) is 0 Å². The lowest BCUT2D eigenvalue weighted by Gasteiger charge is -2.24. The molecule has 0 saturated heterocycles. The van der Waals surface area contributed by atoms with Crippen molar-refractivity contribution in [2.45, 2.75) is 53.9 Å². The molecule has 0 heterocycles. The summed E-state index contributed by atoms with van der Waals surface area (Å²) in [7, 11) is 0. The lowest BCUT2D eigenvalue weighted by atomic mass is 9.87. The molecule has 32 heavy (non-hydrogen) atoms. The van der Waals surface area contributed by atoms with Crippen molar-refractivity contribution in [3.8, 4) is 5.75 Å². The largest absolute Gasteiger partial charge is 0.493 e. The topological polar surface area (TPSA) is 75.6 Å². The highest BCUT2D eigenvalue weighted by atomic mass is 35.5. The van der Waals surface area contributed by atoms with Crippen LogP contribution >= 0.6 is 11.6 Å². The Balaban J connectivity index is 1.94. The van der Waals surface area contributed by atoms with E-state index in [1.807, 2.05) is 39.8 Å². The Hall–Kier alpha value is -2.79. The van der Waals surface area contributed by atoms with Crippen LogP contribution in [0.25, 0.3) is 6.08 Å². The highest BCUT2D eigenvalue weighted by Crippen LogP contribution is 2.28. The predicted molar refractivity (Wildman–Crippen MR) is 130 cm³/mol. The molecule has 5 nitrogen and oxygen atoms in total. The van der Waals surface area contributed by atoms with Gasteiger partial charge in [0.15, 0.2) is 0 Å². The number of carboxylic acids is 1. The van der Waals surface area contributed by atoms with Crippen LogP contribution in [0.5, 0.6) is 5.75 Å². The number of nitrogens with one attached hydrogen (secondary N) is 1. The second-order valence-electron chi connectivity index (χ2n) is 8.62. The highest BCUT2D eigenvalue weighted by molar-refractivity contribution is 6.32. The third kappa shape index (κ3) is 7.13. The monoisotopic (exact) mass is 457 g/mol. The standard InChI is InChI=1S/C26H32ClNO4/c1-6-19(24(29)30)15-20-10-11-21(16-22(20)27)28-25(31)26(4,5)12-7-13-32-23-14-17(2)8-9-18(23)3/h8-11,14-16H,6-7,12-13H2,1-5H3,(H,28,31)(H,29,30). The van der Waals surface area contributed by atoms with Crippen molar-refractivity contribution in [3.05, 3.63) is 63.7 Å². The number of aliphatic carboxylic acids is 1. The molecule has 172 valence electrons. The fraction of sp³-hybridized carbons (Fsp3) is 0.385. The van der Waals surface area contributed by atoms with Gasteiger partial charge in [0.05, 0.1) is 6.61 Å². The van der Waals surface area contributed by atoms with Gasteiger partial charge in [-0.15, -0.1) is 0 Å². The van der Waals surface area contributed by atoms with Gasteiger partial charge in [0.2, 0.25) is 5.91 Å².